The van der Waals surface area contributed by atoms with Crippen LogP contribution in [0.25, 0.3) is 10.2 Å². The average molecular weight is 288 g/mol. The van der Waals surface area contributed by atoms with Crippen LogP contribution < -0.4 is 5.32 Å². The van der Waals surface area contributed by atoms with Crippen molar-refractivity contribution in [2.45, 2.75) is 6.42 Å². The van der Waals surface area contributed by atoms with Gasteiger partial charge in [0.1, 0.15) is 10.6 Å². The normalized spacial score (nSPS) is 11.0. The van der Waals surface area contributed by atoms with Gasteiger partial charge in [0.2, 0.25) is 5.28 Å². The molecule has 0 aliphatic carbocycles. The summed E-state index contributed by atoms with van der Waals surface area (Å²) in [5, 5.41) is 15.0. The van der Waals surface area contributed by atoms with Gasteiger partial charge in [0, 0.05) is 13.2 Å². The molecule has 0 fully saturated rings. The van der Waals surface area contributed by atoms with E-state index < -0.39 is 0 Å². The van der Waals surface area contributed by atoms with Crippen LogP contribution in [-0.2, 0) is 4.74 Å². The van der Waals surface area contributed by atoms with E-state index in [1.54, 1.807) is 0 Å². The quantitative estimate of drug-likeness (QED) is 0.603. The maximum absolute atomic E-state index is 8.55. The molecular weight excluding hydrogens is 274 g/mol. The van der Waals surface area contributed by atoms with Crippen molar-refractivity contribution in [3.05, 3.63) is 16.7 Å². The molecule has 0 saturated heterocycles. The van der Waals surface area contributed by atoms with Crippen molar-refractivity contribution < 1.29 is 9.84 Å². The first kappa shape index (κ1) is 13.5. The van der Waals surface area contributed by atoms with Gasteiger partial charge in [-0.1, -0.05) is 0 Å². The lowest BCUT2D eigenvalue weighted by Crippen LogP contribution is -2.09. The highest BCUT2D eigenvalue weighted by Crippen LogP contribution is 2.26. The van der Waals surface area contributed by atoms with Crippen LogP contribution in [0.2, 0.25) is 5.28 Å². The Labute approximate surface area is 114 Å². The zero-order valence-electron chi connectivity index (χ0n) is 9.73. The Kier molecular flexibility index (Phi) is 5.12. The molecule has 2 N–H and O–H groups in total. The first-order chi connectivity index (χ1) is 8.81. The van der Waals surface area contributed by atoms with Gasteiger partial charge in [-0.05, 0) is 29.5 Å². The second-order valence-electron chi connectivity index (χ2n) is 3.60. The molecule has 0 unspecified atom stereocenters. The number of aliphatic hydroxyl groups is 1. The number of aliphatic hydroxyl groups excluding tert-OH is 1. The third-order valence-corrected chi connectivity index (χ3v) is 3.27. The van der Waals surface area contributed by atoms with Gasteiger partial charge in [0.05, 0.1) is 18.6 Å². The van der Waals surface area contributed by atoms with E-state index in [-0.39, 0.29) is 11.9 Å². The molecule has 0 aliphatic rings. The highest BCUT2D eigenvalue weighted by Gasteiger charge is 2.06. The molecule has 5 nitrogen and oxygen atoms in total. The monoisotopic (exact) mass is 287 g/mol. The smallest absolute Gasteiger partial charge is 0.225 e. The fourth-order valence-corrected chi connectivity index (χ4v) is 2.49. The van der Waals surface area contributed by atoms with Gasteiger partial charge < -0.3 is 15.2 Å². The van der Waals surface area contributed by atoms with Crippen LogP contribution in [-0.4, -0.2) is 41.4 Å². The van der Waals surface area contributed by atoms with Gasteiger partial charge >= 0.3 is 0 Å². The lowest BCUT2D eigenvalue weighted by Gasteiger charge is -2.07. The van der Waals surface area contributed by atoms with Crippen molar-refractivity contribution >= 4 is 39.0 Å². The molecule has 2 aromatic rings. The van der Waals surface area contributed by atoms with Crippen molar-refractivity contribution in [3.63, 3.8) is 0 Å². The van der Waals surface area contributed by atoms with Gasteiger partial charge in [-0.2, -0.15) is 0 Å². The summed E-state index contributed by atoms with van der Waals surface area (Å²) < 4.78 is 5.17. The second kappa shape index (κ2) is 6.84. The third kappa shape index (κ3) is 3.52. The van der Waals surface area contributed by atoms with E-state index in [2.05, 4.69) is 15.3 Å². The summed E-state index contributed by atoms with van der Waals surface area (Å²) in [4.78, 5) is 9.21. The molecule has 2 aromatic heterocycles. The number of rotatable bonds is 7. The van der Waals surface area contributed by atoms with Crippen LogP contribution in [0.1, 0.15) is 6.42 Å². The minimum atomic E-state index is 0.0600. The number of nitrogens with zero attached hydrogens (tertiary/aromatic N) is 2. The Morgan fingerprint density at radius 2 is 2.28 bits per heavy atom. The van der Waals surface area contributed by atoms with Crippen molar-refractivity contribution in [2.75, 3.05) is 31.7 Å². The first-order valence-electron chi connectivity index (χ1n) is 5.64. The average Bonchev–Trinajstić information content (AvgIpc) is 2.81. The fraction of sp³-hybridized carbons (Fsp3) is 0.455. The standard InChI is InChI=1S/C11H14ClN3O2S/c12-11-14-9(8-2-7-18-10(8)15-11)13-3-1-5-17-6-4-16/h2,7,16H,1,3-6H2,(H,13,14,15). The first-order valence-corrected chi connectivity index (χ1v) is 6.90. The molecular formula is C11H14ClN3O2S. The minimum Gasteiger partial charge on any atom is -0.394 e. The molecule has 2 rings (SSSR count). The molecule has 7 heteroatoms. The van der Waals surface area contributed by atoms with Gasteiger partial charge in [0.25, 0.3) is 0 Å². The molecule has 0 bridgehead atoms. The Bertz CT molecular complexity index is 506. The fourth-order valence-electron chi connectivity index (χ4n) is 1.51. The summed E-state index contributed by atoms with van der Waals surface area (Å²) >= 11 is 7.39. The Morgan fingerprint density at radius 1 is 1.39 bits per heavy atom. The highest BCUT2D eigenvalue weighted by molar-refractivity contribution is 7.16. The van der Waals surface area contributed by atoms with Crippen LogP contribution in [0, 0.1) is 0 Å². The van der Waals surface area contributed by atoms with E-state index in [1.807, 2.05) is 11.4 Å². The van der Waals surface area contributed by atoms with E-state index in [0.29, 0.717) is 13.2 Å². The molecule has 0 spiro atoms. The van der Waals surface area contributed by atoms with E-state index in [1.165, 1.54) is 11.3 Å². The summed E-state index contributed by atoms with van der Waals surface area (Å²) in [6.45, 7) is 1.79. The van der Waals surface area contributed by atoms with Crippen molar-refractivity contribution in [3.8, 4) is 0 Å². The Morgan fingerprint density at radius 3 is 3.11 bits per heavy atom. The number of thiophene rings is 1. The Balaban J connectivity index is 1.89. The van der Waals surface area contributed by atoms with Crippen LogP contribution in [0.15, 0.2) is 11.4 Å². The molecule has 0 aromatic carbocycles. The van der Waals surface area contributed by atoms with Crippen molar-refractivity contribution in [2.24, 2.45) is 0 Å². The van der Waals surface area contributed by atoms with E-state index >= 15 is 0 Å². The van der Waals surface area contributed by atoms with Crippen LogP contribution in [0.5, 0.6) is 0 Å². The van der Waals surface area contributed by atoms with Gasteiger partial charge in [-0.15, -0.1) is 11.3 Å². The van der Waals surface area contributed by atoms with Gasteiger partial charge in [-0.25, -0.2) is 9.97 Å². The SMILES string of the molecule is OCCOCCCNc1nc(Cl)nc2sccc12. The number of anilines is 1. The maximum Gasteiger partial charge on any atom is 0.225 e. The lowest BCUT2D eigenvalue weighted by molar-refractivity contribution is 0.0922. The molecule has 0 radical (unpaired) electrons. The topological polar surface area (TPSA) is 67.3 Å². The number of nitrogens with one attached hydrogen (secondary N) is 1. The Hall–Kier alpha value is -0.950. The van der Waals surface area contributed by atoms with Crippen molar-refractivity contribution in [1.82, 2.24) is 9.97 Å². The van der Waals surface area contributed by atoms with E-state index in [9.17, 15) is 0 Å². The number of halogens is 1. The van der Waals surface area contributed by atoms with Gasteiger partial charge in [0.15, 0.2) is 0 Å². The molecule has 0 saturated carbocycles. The largest absolute Gasteiger partial charge is 0.394 e. The molecule has 0 aliphatic heterocycles. The summed E-state index contributed by atoms with van der Waals surface area (Å²) in [6, 6.07) is 1.97. The summed E-state index contributed by atoms with van der Waals surface area (Å²) in [6.07, 6.45) is 0.841. The number of fused-ring (bicyclic) bond motifs is 1. The molecule has 18 heavy (non-hydrogen) atoms. The molecule has 0 atom stereocenters. The van der Waals surface area contributed by atoms with E-state index in [4.69, 9.17) is 21.4 Å². The predicted octanol–water partition coefficient (Wildman–Crippen LogP) is 2.16. The summed E-state index contributed by atoms with van der Waals surface area (Å²) in [5.41, 5.74) is 0. The number of hydrogen-bond acceptors (Lipinski definition) is 6. The summed E-state index contributed by atoms with van der Waals surface area (Å²) in [5.74, 6) is 0.758. The minimum absolute atomic E-state index is 0.0600. The number of ether oxygens (including phenoxy) is 1. The van der Waals surface area contributed by atoms with Crippen LogP contribution in [0.4, 0.5) is 5.82 Å². The lowest BCUT2D eigenvalue weighted by atomic mass is 10.3. The van der Waals surface area contributed by atoms with Gasteiger partial charge in [-0.3, -0.25) is 0 Å². The zero-order valence-corrected chi connectivity index (χ0v) is 11.3. The predicted molar refractivity (Wildman–Crippen MR) is 73.4 cm³/mol. The number of hydrogen-bond donors (Lipinski definition) is 2. The third-order valence-electron chi connectivity index (χ3n) is 2.29. The van der Waals surface area contributed by atoms with Crippen molar-refractivity contribution in [1.29, 1.82) is 0 Å². The molecule has 2 heterocycles. The zero-order chi connectivity index (χ0) is 12.8. The molecule has 98 valence electrons. The van der Waals surface area contributed by atoms with Crippen LogP contribution in [0.3, 0.4) is 0 Å². The molecule has 0 amide bonds. The van der Waals surface area contributed by atoms with E-state index in [0.717, 1.165) is 29.0 Å². The maximum atomic E-state index is 8.55. The summed E-state index contributed by atoms with van der Waals surface area (Å²) in [7, 11) is 0. The number of aromatic nitrogens is 2. The highest BCUT2D eigenvalue weighted by atomic mass is 35.5. The van der Waals surface area contributed by atoms with Crippen LogP contribution >= 0.6 is 22.9 Å². The second-order valence-corrected chi connectivity index (χ2v) is 4.83.